The maximum Gasteiger partial charge on any atom is 0.381 e. The van der Waals surface area contributed by atoms with Crippen molar-refractivity contribution in [3.63, 3.8) is 0 Å². The van der Waals surface area contributed by atoms with E-state index in [0.29, 0.717) is 5.69 Å². The number of rotatable bonds is 5. The molecule has 0 spiro atoms. The average molecular weight is 311 g/mol. The zero-order chi connectivity index (χ0) is 16.3. The Labute approximate surface area is 128 Å². The van der Waals surface area contributed by atoms with Crippen molar-refractivity contribution in [1.29, 1.82) is 0 Å². The van der Waals surface area contributed by atoms with Crippen molar-refractivity contribution < 1.29 is 23.4 Å². The van der Waals surface area contributed by atoms with Crippen molar-refractivity contribution >= 4 is 11.7 Å². The number of carbonyl (C=O) groups is 1. The van der Waals surface area contributed by atoms with E-state index < -0.39 is 11.6 Å². The summed E-state index contributed by atoms with van der Waals surface area (Å²) in [5.74, 6) is -0.789. The molecule has 1 fully saturated rings. The summed E-state index contributed by atoms with van der Waals surface area (Å²) in [7, 11) is 6.14. The van der Waals surface area contributed by atoms with E-state index in [4.69, 9.17) is 13.9 Å². The predicted octanol–water partition coefficient (Wildman–Crippen LogP) is 1.44. The third kappa shape index (κ3) is 2.94. The molecule has 1 aliphatic carbocycles. The second kappa shape index (κ2) is 6.83. The van der Waals surface area contributed by atoms with E-state index in [1.54, 1.807) is 7.11 Å². The highest BCUT2D eigenvalue weighted by atomic mass is 16.5. The number of esters is 1. The first-order valence-corrected chi connectivity index (χ1v) is 7.09. The maximum atomic E-state index is 12.0. The van der Waals surface area contributed by atoms with E-state index in [0.717, 1.165) is 19.3 Å². The molecule has 7 nitrogen and oxygen atoms in total. The Bertz CT molecular complexity index is 596. The Balaban J connectivity index is 2.45. The Morgan fingerprint density at radius 2 is 2.05 bits per heavy atom. The second-order valence-corrected chi connectivity index (χ2v) is 5.19. The highest BCUT2D eigenvalue weighted by molar-refractivity contribution is 5.87. The summed E-state index contributed by atoms with van der Waals surface area (Å²) >= 11 is 0. The molecule has 2 atom stereocenters. The summed E-state index contributed by atoms with van der Waals surface area (Å²) in [5.41, 5.74) is -0.215. The molecule has 0 N–H and O–H groups in total. The lowest BCUT2D eigenvalue weighted by Crippen LogP contribution is -2.39. The molecule has 1 aromatic rings. The summed E-state index contributed by atoms with van der Waals surface area (Å²) in [6.45, 7) is 0. The van der Waals surface area contributed by atoms with Crippen LogP contribution in [0, 0.1) is 0 Å². The Morgan fingerprint density at radius 1 is 1.32 bits per heavy atom. The van der Waals surface area contributed by atoms with Crippen molar-refractivity contribution in [2.45, 2.75) is 31.4 Å². The van der Waals surface area contributed by atoms with Gasteiger partial charge in [0.15, 0.2) is 0 Å². The smallest absolute Gasteiger partial charge is 0.381 e. The lowest BCUT2D eigenvalue weighted by Gasteiger charge is -2.31. The van der Waals surface area contributed by atoms with Gasteiger partial charge in [-0.25, -0.2) is 9.59 Å². The van der Waals surface area contributed by atoms with Gasteiger partial charge in [0.25, 0.3) is 0 Å². The molecule has 1 heterocycles. The molecule has 1 aromatic heterocycles. The van der Waals surface area contributed by atoms with Gasteiger partial charge in [-0.2, -0.15) is 0 Å². The molecule has 22 heavy (non-hydrogen) atoms. The van der Waals surface area contributed by atoms with Crippen LogP contribution in [0.15, 0.2) is 15.3 Å². The van der Waals surface area contributed by atoms with Crippen molar-refractivity contribution in [3.05, 3.63) is 22.2 Å². The minimum Gasteiger partial charge on any atom is -0.488 e. The molecule has 2 unspecified atom stereocenters. The van der Waals surface area contributed by atoms with Crippen LogP contribution >= 0.6 is 0 Å². The first-order valence-electron chi connectivity index (χ1n) is 7.09. The molecule has 0 saturated heterocycles. The molecule has 2 rings (SSSR count). The van der Waals surface area contributed by atoms with Crippen LogP contribution in [0.25, 0.3) is 0 Å². The zero-order valence-electron chi connectivity index (χ0n) is 13.3. The molecular formula is C15H21NO6. The third-order valence-corrected chi connectivity index (χ3v) is 4.08. The first-order chi connectivity index (χ1) is 10.5. The summed E-state index contributed by atoms with van der Waals surface area (Å²) < 4.78 is 20.2. The van der Waals surface area contributed by atoms with Crippen LogP contribution in [-0.4, -0.2) is 46.5 Å². The average Bonchev–Trinajstić information content (AvgIpc) is 3.01. The molecule has 0 amide bonds. The van der Waals surface area contributed by atoms with E-state index >= 15 is 0 Å². The van der Waals surface area contributed by atoms with Crippen LogP contribution in [0.4, 0.5) is 5.69 Å². The minimum absolute atomic E-state index is 0.0666. The molecule has 1 saturated carbocycles. The van der Waals surface area contributed by atoms with Crippen LogP contribution in [0.2, 0.25) is 0 Å². The van der Waals surface area contributed by atoms with Gasteiger partial charge in [-0.05, 0) is 19.3 Å². The molecule has 7 heteroatoms. The summed E-state index contributed by atoms with van der Waals surface area (Å²) in [5, 5.41) is 0. The van der Waals surface area contributed by atoms with Gasteiger partial charge in [-0.15, -0.1) is 0 Å². The number of hydrogen-bond donors (Lipinski definition) is 0. The van der Waals surface area contributed by atoms with Crippen molar-refractivity contribution in [3.8, 4) is 5.75 Å². The monoisotopic (exact) mass is 311 g/mol. The fraction of sp³-hybridized carbons (Fsp3) is 0.600. The summed E-state index contributed by atoms with van der Waals surface area (Å²) in [6.07, 6.45) is 3.01. The van der Waals surface area contributed by atoms with E-state index in [9.17, 15) is 9.59 Å². The van der Waals surface area contributed by atoms with Gasteiger partial charge in [0, 0.05) is 20.2 Å². The number of likely N-dealkylation sites (N-methyl/N-ethyl adjacent to an activating group) is 1. The third-order valence-electron chi connectivity index (χ3n) is 4.08. The Hall–Kier alpha value is -2.02. The van der Waals surface area contributed by atoms with E-state index in [-0.39, 0.29) is 23.7 Å². The SMILES string of the molecule is COC(=O)c1cc(N(C)C2CCCC2OC)c(OC)c(=O)o1. The quantitative estimate of drug-likeness (QED) is 0.761. The number of nitrogens with zero attached hydrogens (tertiary/aromatic N) is 1. The lowest BCUT2D eigenvalue weighted by molar-refractivity contribution is 0.0558. The van der Waals surface area contributed by atoms with Crippen LogP contribution in [0.1, 0.15) is 29.8 Å². The van der Waals surface area contributed by atoms with Crippen molar-refractivity contribution in [2.75, 3.05) is 33.3 Å². The van der Waals surface area contributed by atoms with Crippen molar-refractivity contribution in [2.24, 2.45) is 0 Å². The van der Waals surface area contributed by atoms with Gasteiger partial charge >= 0.3 is 11.6 Å². The Morgan fingerprint density at radius 3 is 2.64 bits per heavy atom. The molecule has 0 bridgehead atoms. The fourth-order valence-electron chi connectivity index (χ4n) is 2.92. The van der Waals surface area contributed by atoms with Crippen LogP contribution in [0.5, 0.6) is 5.75 Å². The van der Waals surface area contributed by atoms with E-state index in [1.807, 2.05) is 11.9 Å². The number of methoxy groups -OCH3 is 3. The van der Waals surface area contributed by atoms with Crippen molar-refractivity contribution in [1.82, 2.24) is 0 Å². The molecule has 122 valence electrons. The lowest BCUT2D eigenvalue weighted by atomic mass is 10.1. The molecule has 1 aliphatic rings. The fourth-order valence-corrected chi connectivity index (χ4v) is 2.92. The van der Waals surface area contributed by atoms with Crippen LogP contribution < -0.4 is 15.3 Å². The summed E-state index contributed by atoms with van der Waals surface area (Å²) in [4.78, 5) is 25.6. The number of ether oxygens (including phenoxy) is 3. The van der Waals surface area contributed by atoms with Gasteiger partial charge < -0.3 is 23.5 Å². The summed E-state index contributed by atoms with van der Waals surface area (Å²) in [6, 6.07) is 1.57. The van der Waals surface area contributed by atoms with E-state index in [1.165, 1.54) is 20.3 Å². The van der Waals surface area contributed by atoms with Gasteiger partial charge in [-0.1, -0.05) is 0 Å². The molecule has 0 radical (unpaired) electrons. The molecule has 0 aliphatic heterocycles. The maximum absolute atomic E-state index is 12.0. The largest absolute Gasteiger partial charge is 0.488 e. The standard InChI is InChI=1S/C15H21NO6/c1-16(9-6-5-7-11(9)19-2)10-8-12(14(17)21-4)22-15(18)13(10)20-3/h8-9,11H,5-7H2,1-4H3. The number of carbonyl (C=O) groups excluding carboxylic acids is 1. The van der Waals surface area contributed by atoms with Gasteiger partial charge in [-0.3, -0.25) is 0 Å². The second-order valence-electron chi connectivity index (χ2n) is 5.19. The highest BCUT2D eigenvalue weighted by Gasteiger charge is 2.33. The van der Waals surface area contributed by atoms with Gasteiger partial charge in [0.1, 0.15) is 0 Å². The van der Waals surface area contributed by atoms with Gasteiger partial charge in [0.2, 0.25) is 11.5 Å². The first kappa shape index (κ1) is 16.4. The normalized spacial score (nSPS) is 20.7. The number of hydrogen-bond acceptors (Lipinski definition) is 7. The van der Waals surface area contributed by atoms with E-state index in [2.05, 4.69) is 4.74 Å². The highest BCUT2D eigenvalue weighted by Crippen LogP contribution is 2.33. The Kier molecular flexibility index (Phi) is 5.07. The van der Waals surface area contributed by atoms with Crippen LogP contribution in [-0.2, 0) is 9.47 Å². The molecular weight excluding hydrogens is 290 g/mol. The zero-order valence-corrected chi connectivity index (χ0v) is 13.3. The van der Waals surface area contributed by atoms with Crippen LogP contribution in [0.3, 0.4) is 0 Å². The number of anilines is 1. The minimum atomic E-state index is -0.709. The topological polar surface area (TPSA) is 78.2 Å². The van der Waals surface area contributed by atoms with Gasteiger partial charge in [0.05, 0.1) is 32.1 Å². The predicted molar refractivity (Wildman–Crippen MR) is 79.7 cm³/mol. The molecule has 0 aromatic carbocycles.